The Kier molecular flexibility index (Phi) is 5.46. The second-order valence-electron chi connectivity index (χ2n) is 4.70. The number of ether oxygens (including phenoxy) is 1. The molecule has 0 saturated heterocycles. The highest BCUT2D eigenvalue weighted by molar-refractivity contribution is 5.97. The molecule has 2 rings (SSSR count). The Hall–Kier alpha value is -3.15. The third-order valence-corrected chi connectivity index (χ3v) is 2.90. The zero-order valence-electron chi connectivity index (χ0n) is 12.6. The van der Waals surface area contributed by atoms with E-state index in [9.17, 15) is 9.59 Å². The van der Waals surface area contributed by atoms with Gasteiger partial charge < -0.3 is 15.3 Å². The van der Waals surface area contributed by atoms with E-state index < -0.39 is 5.97 Å². The Morgan fingerprint density at radius 3 is 2.26 bits per heavy atom. The summed E-state index contributed by atoms with van der Waals surface area (Å²) in [5.74, 6) is -0.837. The van der Waals surface area contributed by atoms with Crippen LogP contribution in [0.3, 0.4) is 0 Å². The SMILES string of the molecule is CC(=O)ON=C(N)c1ccc(COC(=O)c2ccccc2)cc1. The summed E-state index contributed by atoms with van der Waals surface area (Å²) in [5, 5.41) is 3.50. The van der Waals surface area contributed by atoms with Gasteiger partial charge in [-0.15, -0.1) is 0 Å². The van der Waals surface area contributed by atoms with Crippen molar-refractivity contribution in [2.45, 2.75) is 13.5 Å². The van der Waals surface area contributed by atoms with Gasteiger partial charge in [0.05, 0.1) is 5.56 Å². The summed E-state index contributed by atoms with van der Waals surface area (Å²) in [6, 6.07) is 15.7. The Morgan fingerprint density at radius 1 is 1.00 bits per heavy atom. The summed E-state index contributed by atoms with van der Waals surface area (Å²) in [4.78, 5) is 27.0. The van der Waals surface area contributed by atoms with Gasteiger partial charge in [-0.1, -0.05) is 47.6 Å². The first-order chi connectivity index (χ1) is 11.1. The maximum atomic E-state index is 11.8. The van der Waals surface area contributed by atoms with Gasteiger partial charge in [-0.2, -0.15) is 0 Å². The first-order valence-electron chi connectivity index (χ1n) is 6.89. The number of hydrogen-bond acceptors (Lipinski definition) is 5. The number of nitrogens with zero attached hydrogens (tertiary/aromatic N) is 1. The molecule has 2 N–H and O–H groups in total. The number of nitrogens with two attached hydrogens (primary N) is 1. The second kappa shape index (κ2) is 7.74. The minimum absolute atomic E-state index is 0.0908. The number of esters is 1. The highest BCUT2D eigenvalue weighted by Crippen LogP contribution is 2.08. The van der Waals surface area contributed by atoms with Gasteiger partial charge in [-0.05, 0) is 17.7 Å². The number of carbonyl (C=O) groups is 2. The van der Waals surface area contributed by atoms with E-state index in [4.69, 9.17) is 10.5 Å². The molecule has 0 amide bonds. The first kappa shape index (κ1) is 16.2. The molecule has 0 bridgehead atoms. The molecular formula is C17H16N2O4. The van der Waals surface area contributed by atoms with Crippen molar-refractivity contribution in [1.82, 2.24) is 0 Å². The molecular weight excluding hydrogens is 296 g/mol. The van der Waals surface area contributed by atoms with Crippen LogP contribution < -0.4 is 5.73 Å². The molecule has 0 unspecified atom stereocenters. The van der Waals surface area contributed by atoms with Crippen LogP contribution in [0.2, 0.25) is 0 Å². The van der Waals surface area contributed by atoms with Gasteiger partial charge in [0.1, 0.15) is 6.61 Å². The van der Waals surface area contributed by atoms with E-state index in [0.717, 1.165) is 5.56 Å². The van der Waals surface area contributed by atoms with Gasteiger partial charge in [0, 0.05) is 12.5 Å². The highest BCUT2D eigenvalue weighted by atomic mass is 16.7. The number of oxime groups is 1. The van der Waals surface area contributed by atoms with Crippen molar-refractivity contribution in [3.63, 3.8) is 0 Å². The molecule has 23 heavy (non-hydrogen) atoms. The number of hydrogen-bond donors (Lipinski definition) is 1. The maximum absolute atomic E-state index is 11.8. The third kappa shape index (κ3) is 4.96. The normalized spacial score (nSPS) is 10.9. The molecule has 2 aromatic carbocycles. The van der Waals surface area contributed by atoms with Gasteiger partial charge in [0.15, 0.2) is 5.84 Å². The quantitative estimate of drug-likeness (QED) is 0.300. The minimum atomic E-state index is -0.544. The number of amidine groups is 1. The van der Waals surface area contributed by atoms with Crippen molar-refractivity contribution >= 4 is 17.8 Å². The van der Waals surface area contributed by atoms with E-state index in [2.05, 4.69) is 9.99 Å². The molecule has 6 heteroatoms. The van der Waals surface area contributed by atoms with Crippen molar-refractivity contribution in [3.8, 4) is 0 Å². The lowest BCUT2D eigenvalue weighted by Crippen LogP contribution is -2.14. The zero-order chi connectivity index (χ0) is 16.7. The molecule has 0 aliphatic heterocycles. The fraction of sp³-hybridized carbons (Fsp3) is 0.118. The summed E-state index contributed by atoms with van der Waals surface area (Å²) in [6.45, 7) is 1.38. The van der Waals surface area contributed by atoms with Crippen LogP contribution in [-0.2, 0) is 21.0 Å². The molecule has 6 nitrogen and oxygen atoms in total. The molecule has 0 radical (unpaired) electrons. The summed E-state index contributed by atoms with van der Waals surface area (Å²) in [5.41, 5.74) is 7.59. The van der Waals surface area contributed by atoms with E-state index in [-0.39, 0.29) is 18.4 Å². The Bertz CT molecular complexity index is 709. The van der Waals surface area contributed by atoms with Crippen molar-refractivity contribution in [3.05, 3.63) is 71.3 Å². The molecule has 2 aromatic rings. The molecule has 118 valence electrons. The minimum Gasteiger partial charge on any atom is -0.457 e. The van der Waals surface area contributed by atoms with Gasteiger partial charge in [-0.3, -0.25) is 0 Å². The fourth-order valence-corrected chi connectivity index (χ4v) is 1.74. The van der Waals surface area contributed by atoms with Gasteiger partial charge in [0.25, 0.3) is 0 Å². The van der Waals surface area contributed by atoms with Gasteiger partial charge >= 0.3 is 11.9 Å². The fourth-order valence-electron chi connectivity index (χ4n) is 1.74. The van der Waals surface area contributed by atoms with Crippen LogP contribution in [-0.4, -0.2) is 17.8 Å². The highest BCUT2D eigenvalue weighted by Gasteiger charge is 2.07. The molecule has 0 heterocycles. The summed E-state index contributed by atoms with van der Waals surface area (Å²) in [6.07, 6.45) is 0. The lowest BCUT2D eigenvalue weighted by atomic mass is 10.1. The lowest BCUT2D eigenvalue weighted by molar-refractivity contribution is -0.140. The molecule has 0 saturated carbocycles. The van der Waals surface area contributed by atoms with Crippen molar-refractivity contribution < 1.29 is 19.2 Å². The van der Waals surface area contributed by atoms with Crippen LogP contribution in [0.25, 0.3) is 0 Å². The van der Waals surface area contributed by atoms with Crippen LogP contribution in [0.4, 0.5) is 0 Å². The van der Waals surface area contributed by atoms with Crippen LogP contribution in [0.15, 0.2) is 59.8 Å². The van der Waals surface area contributed by atoms with Crippen molar-refractivity contribution in [2.24, 2.45) is 10.9 Å². The Morgan fingerprint density at radius 2 is 1.65 bits per heavy atom. The first-order valence-corrected chi connectivity index (χ1v) is 6.89. The van der Waals surface area contributed by atoms with Crippen LogP contribution in [0.5, 0.6) is 0 Å². The molecule has 0 aromatic heterocycles. The number of benzene rings is 2. The van der Waals surface area contributed by atoms with Gasteiger partial charge in [-0.25, -0.2) is 9.59 Å². The largest absolute Gasteiger partial charge is 0.457 e. The third-order valence-electron chi connectivity index (χ3n) is 2.90. The van der Waals surface area contributed by atoms with Crippen LogP contribution >= 0.6 is 0 Å². The van der Waals surface area contributed by atoms with Crippen molar-refractivity contribution in [2.75, 3.05) is 0 Å². The lowest BCUT2D eigenvalue weighted by Gasteiger charge is -2.06. The average Bonchev–Trinajstić information content (AvgIpc) is 2.58. The maximum Gasteiger partial charge on any atom is 0.338 e. The average molecular weight is 312 g/mol. The Labute approximate surface area is 133 Å². The van der Waals surface area contributed by atoms with E-state index in [1.807, 2.05) is 6.07 Å². The molecule has 0 fully saturated rings. The number of carbonyl (C=O) groups excluding carboxylic acids is 2. The summed E-state index contributed by atoms with van der Waals surface area (Å²) >= 11 is 0. The van der Waals surface area contributed by atoms with E-state index >= 15 is 0 Å². The van der Waals surface area contributed by atoms with Crippen LogP contribution in [0.1, 0.15) is 28.4 Å². The van der Waals surface area contributed by atoms with Crippen LogP contribution in [0, 0.1) is 0 Å². The summed E-state index contributed by atoms with van der Waals surface area (Å²) in [7, 11) is 0. The topological polar surface area (TPSA) is 91.0 Å². The monoisotopic (exact) mass is 312 g/mol. The molecule has 0 aliphatic rings. The predicted molar refractivity (Wildman–Crippen MR) is 84.5 cm³/mol. The second-order valence-corrected chi connectivity index (χ2v) is 4.70. The standard InChI is InChI=1S/C17H16N2O4/c1-12(20)23-19-16(18)14-9-7-13(8-10-14)11-22-17(21)15-5-3-2-4-6-15/h2-10H,11H2,1H3,(H2,18,19). The smallest absolute Gasteiger partial charge is 0.338 e. The summed E-state index contributed by atoms with van der Waals surface area (Å²) < 4.78 is 5.22. The van der Waals surface area contributed by atoms with Gasteiger partial charge in [0.2, 0.25) is 0 Å². The molecule has 0 aliphatic carbocycles. The predicted octanol–water partition coefficient (Wildman–Crippen LogP) is 2.23. The molecule has 0 spiro atoms. The van der Waals surface area contributed by atoms with E-state index in [1.54, 1.807) is 48.5 Å². The molecule has 0 atom stereocenters. The van der Waals surface area contributed by atoms with E-state index in [1.165, 1.54) is 6.92 Å². The zero-order valence-corrected chi connectivity index (χ0v) is 12.6. The van der Waals surface area contributed by atoms with Crippen molar-refractivity contribution in [1.29, 1.82) is 0 Å². The van der Waals surface area contributed by atoms with E-state index in [0.29, 0.717) is 11.1 Å². The number of rotatable bonds is 5. The Balaban J connectivity index is 1.94.